The zero-order valence-electron chi connectivity index (χ0n) is 10.9. The van der Waals surface area contributed by atoms with Gasteiger partial charge >= 0.3 is 0 Å². The van der Waals surface area contributed by atoms with Crippen molar-refractivity contribution in [2.75, 3.05) is 18.0 Å². The first kappa shape index (κ1) is 13.6. The van der Waals surface area contributed by atoms with Crippen LogP contribution >= 0.6 is 0 Å². The number of hydrogen-bond acceptors (Lipinski definition) is 2. The second-order valence-electron chi connectivity index (χ2n) is 4.36. The van der Waals surface area contributed by atoms with Gasteiger partial charge in [-0.15, -0.1) is 0 Å². The Morgan fingerprint density at radius 2 is 1.76 bits per heavy atom. The van der Waals surface area contributed by atoms with Gasteiger partial charge in [-0.2, -0.15) is 5.26 Å². The fourth-order valence-electron chi connectivity index (χ4n) is 1.84. The van der Waals surface area contributed by atoms with Crippen LogP contribution in [0, 0.1) is 11.3 Å². The van der Waals surface area contributed by atoms with Crippen LogP contribution in [0.25, 0.3) is 0 Å². The zero-order valence-corrected chi connectivity index (χ0v) is 10.9. The van der Waals surface area contributed by atoms with E-state index >= 15 is 0 Å². The number of unbranched alkanes of at least 4 members (excludes halogenated alkanes) is 2. The van der Waals surface area contributed by atoms with Crippen LogP contribution in [-0.2, 0) is 0 Å². The first-order valence-corrected chi connectivity index (χ1v) is 6.57. The molecule has 0 aliphatic rings. The van der Waals surface area contributed by atoms with Crippen LogP contribution in [0.15, 0.2) is 24.3 Å². The molecule has 0 aliphatic carbocycles. The molecule has 0 fully saturated rings. The van der Waals surface area contributed by atoms with E-state index in [9.17, 15) is 0 Å². The van der Waals surface area contributed by atoms with Crippen LogP contribution in [0.3, 0.4) is 0 Å². The van der Waals surface area contributed by atoms with Gasteiger partial charge in [-0.3, -0.25) is 0 Å². The molecule has 0 saturated heterocycles. The van der Waals surface area contributed by atoms with E-state index in [1.807, 2.05) is 18.2 Å². The molecule has 0 atom stereocenters. The first-order valence-electron chi connectivity index (χ1n) is 6.57. The molecule has 1 aromatic carbocycles. The minimum absolute atomic E-state index is 0.750. The van der Waals surface area contributed by atoms with Gasteiger partial charge in [0.05, 0.1) is 11.6 Å². The summed E-state index contributed by atoms with van der Waals surface area (Å²) >= 11 is 0. The van der Waals surface area contributed by atoms with Crippen molar-refractivity contribution in [1.82, 2.24) is 0 Å². The third-order valence-corrected chi connectivity index (χ3v) is 2.90. The highest BCUT2D eigenvalue weighted by atomic mass is 15.1. The Balaban J connectivity index is 2.75. The fourth-order valence-corrected chi connectivity index (χ4v) is 1.84. The van der Waals surface area contributed by atoms with Crippen molar-refractivity contribution in [3.8, 4) is 6.07 Å². The van der Waals surface area contributed by atoms with Crippen molar-refractivity contribution in [2.24, 2.45) is 0 Å². The average molecular weight is 230 g/mol. The number of nitriles is 1. The van der Waals surface area contributed by atoms with Crippen LogP contribution in [-0.4, -0.2) is 13.1 Å². The van der Waals surface area contributed by atoms with E-state index < -0.39 is 0 Å². The maximum Gasteiger partial charge on any atom is 0.0992 e. The molecule has 0 bridgehead atoms. The summed E-state index contributed by atoms with van der Waals surface area (Å²) in [5.41, 5.74) is 1.94. The lowest BCUT2D eigenvalue weighted by Gasteiger charge is -2.24. The summed E-state index contributed by atoms with van der Waals surface area (Å²) in [6, 6.07) is 10.1. The summed E-state index contributed by atoms with van der Waals surface area (Å²) in [6.45, 7) is 6.60. The SMILES string of the molecule is CCCCN(CCCC)c1cccc(C#N)c1. The van der Waals surface area contributed by atoms with Crippen molar-refractivity contribution in [2.45, 2.75) is 39.5 Å². The molecule has 0 radical (unpaired) electrons. The molecule has 0 N–H and O–H groups in total. The first-order chi connectivity index (χ1) is 8.31. The molecule has 1 aromatic rings. The van der Waals surface area contributed by atoms with Crippen molar-refractivity contribution in [3.63, 3.8) is 0 Å². The van der Waals surface area contributed by atoms with Gasteiger partial charge < -0.3 is 4.90 Å². The number of benzene rings is 1. The molecule has 0 spiro atoms. The summed E-state index contributed by atoms with van der Waals surface area (Å²) in [5, 5.41) is 8.93. The molecule has 92 valence electrons. The fraction of sp³-hybridized carbons (Fsp3) is 0.533. The maximum atomic E-state index is 8.93. The van der Waals surface area contributed by atoms with Gasteiger partial charge in [0.15, 0.2) is 0 Å². The summed E-state index contributed by atoms with van der Waals surface area (Å²) in [4.78, 5) is 2.40. The highest BCUT2D eigenvalue weighted by molar-refractivity contribution is 5.51. The number of rotatable bonds is 7. The van der Waals surface area contributed by atoms with Crippen molar-refractivity contribution >= 4 is 5.69 Å². The predicted octanol–water partition coefficient (Wildman–Crippen LogP) is 3.96. The van der Waals surface area contributed by atoms with Gasteiger partial charge in [-0.05, 0) is 31.0 Å². The van der Waals surface area contributed by atoms with Crippen LogP contribution in [0.1, 0.15) is 45.1 Å². The Kier molecular flexibility index (Phi) is 6.17. The van der Waals surface area contributed by atoms with Gasteiger partial charge in [0, 0.05) is 18.8 Å². The topological polar surface area (TPSA) is 27.0 Å². The highest BCUT2D eigenvalue weighted by Gasteiger charge is 2.05. The normalized spacial score (nSPS) is 9.94. The molecule has 0 amide bonds. The molecule has 2 nitrogen and oxygen atoms in total. The van der Waals surface area contributed by atoms with Crippen LogP contribution < -0.4 is 4.90 Å². The Morgan fingerprint density at radius 3 is 2.29 bits per heavy atom. The molecular formula is C15H22N2. The van der Waals surface area contributed by atoms with E-state index in [1.165, 1.54) is 31.4 Å². The molecule has 0 saturated carbocycles. The second kappa shape index (κ2) is 7.73. The standard InChI is InChI=1S/C15H22N2/c1-3-5-10-17(11-6-4-2)15-9-7-8-14(12-15)13-16/h7-9,12H,3-6,10-11H2,1-2H3. The number of anilines is 1. The summed E-state index contributed by atoms with van der Waals surface area (Å²) in [7, 11) is 0. The minimum Gasteiger partial charge on any atom is -0.372 e. The lowest BCUT2D eigenvalue weighted by atomic mass is 10.2. The minimum atomic E-state index is 0.750. The predicted molar refractivity (Wildman–Crippen MR) is 73.2 cm³/mol. The zero-order chi connectivity index (χ0) is 12.5. The van der Waals surface area contributed by atoms with E-state index in [-0.39, 0.29) is 0 Å². The largest absolute Gasteiger partial charge is 0.372 e. The van der Waals surface area contributed by atoms with Crippen molar-refractivity contribution in [1.29, 1.82) is 5.26 Å². The van der Waals surface area contributed by atoms with Gasteiger partial charge in [-0.1, -0.05) is 32.8 Å². The Bertz CT molecular complexity index is 357. The van der Waals surface area contributed by atoms with E-state index in [4.69, 9.17) is 5.26 Å². The quantitative estimate of drug-likeness (QED) is 0.708. The number of hydrogen-bond donors (Lipinski definition) is 0. The Morgan fingerprint density at radius 1 is 1.12 bits per heavy atom. The molecular weight excluding hydrogens is 208 g/mol. The van der Waals surface area contributed by atoms with Gasteiger partial charge in [0.2, 0.25) is 0 Å². The summed E-state index contributed by atoms with van der Waals surface area (Å²) in [6.07, 6.45) is 4.84. The van der Waals surface area contributed by atoms with E-state index in [1.54, 1.807) is 0 Å². The molecule has 17 heavy (non-hydrogen) atoms. The smallest absolute Gasteiger partial charge is 0.0992 e. The van der Waals surface area contributed by atoms with Crippen LogP contribution in [0.2, 0.25) is 0 Å². The van der Waals surface area contributed by atoms with Crippen molar-refractivity contribution < 1.29 is 0 Å². The van der Waals surface area contributed by atoms with Gasteiger partial charge in [0.1, 0.15) is 0 Å². The Labute approximate surface area is 105 Å². The molecule has 0 aromatic heterocycles. The monoisotopic (exact) mass is 230 g/mol. The second-order valence-corrected chi connectivity index (χ2v) is 4.36. The van der Waals surface area contributed by atoms with Gasteiger partial charge in [0.25, 0.3) is 0 Å². The average Bonchev–Trinajstić information content (AvgIpc) is 2.39. The lowest BCUT2D eigenvalue weighted by molar-refractivity contribution is 0.678. The molecule has 0 aliphatic heterocycles. The third-order valence-electron chi connectivity index (χ3n) is 2.90. The molecule has 0 unspecified atom stereocenters. The van der Waals surface area contributed by atoms with Gasteiger partial charge in [-0.25, -0.2) is 0 Å². The Hall–Kier alpha value is -1.49. The van der Waals surface area contributed by atoms with Crippen LogP contribution in [0.4, 0.5) is 5.69 Å². The molecule has 2 heteroatoms. The maximum absolute atomic E-state index is 8.93. The summed E-state index contributed by atoms with van der Waals surface area (Å²) < 4.78 is 0. The van der Waals surface area contributed by atoms with Crippen LogP contribution in [0.5, 0.6) is 0 Å². The van der Waals surface area contributed by atoms with Crippen molar-refractivity contribution in [3.05, 3.63) is 29.8 Å². The number of nitrogens with zero attached hydrogens (tertiary/aromatic N) is 2. The molecule has 0 heterocycles. The van der Waals surface area contributed by atoms with E-state index in [0.29, 0.717) is 0 Å². The molecule has 1 rings (SSSR count). The highest BCUT2D eigenvalue weighted by Crippen LogP contribution is 2.17. The summed E-state index contributed by atoms with van der Waals surface area (Å²) in [5.74, 6) is 0. The lowest BCUT2D eigenvalue weighted by Crippen LogP contribution is -2.25. The van der Waals surface area contributed by atoms with E-state index in [0.717, 1.165) is 18.7 Å². The third kappa shape index (κ3) is 4.48. The van der Waals surface area contributed by atoms with E-state index in [2.05, 4.69) is 30.9 Å².